The van der Waals surface area contributed by atoms with Crippen molar-refractivity contribution in [1.82, 2.24) is 20.2 Å². The SMILES string of the molecule is CCCNc1nccc(C(=O)NCCN(C)C)n1. The number of rotatable bonds is 7. The first-order chi connectivity index (χ1) is 8.63. The summed E-state index contributed by atoms with van der Waals surface area (Å²) in [5.41, 5.74) is 0.391. The molecule has 1 aromatic rings. The van der Waals surface area contributed by atoms with Crippen molar-refractivity contribution >= 4 is 11.9 Å². The predicted octanol–water partition coefficient (Wildman–Crippen LogP) is 0.590. The number of anilines is 1. The normalized spacial score (nSPS) is 10.4. The van der Waals surface area contributed by atoms with E-state index in [1.54, 1.807) is 12.3 Å². The van der Waals surface area contributed by atoms with Crippen LogP contribution in [0.3, 0.4) is 0 Å². The molecular formula is C12H21N5O. The Bertz CT molecular complexity index is 380. The Kier molecular flexibility index (Phi) is 6.07. The lowest BCUT2D eigenvalue weighted by molar-refractivity contribution is 0.0946. The maximum atomic E-state index is 11.8. The molecule has 0 spiro atoms. The molecule has 0 atom stereocenters. The van der Waals surface area contributed by atoms with Gasteiger partial charge in [-0.2, -0.15) is 0 Å². The molecule has 0 fully saturated rings. The average Bonchev–Trinajstić information content (AvgIpc) is 2.36. The maximum absolute atomic E-state index is 11.8. The summed E-state index contributed by atoms with van der Waals surface area (Å²) in [4.78, 5) is 22.0. The predicted molar refractivity (Wildman–Crippen MR) is 71.7 cm³/mol. The maximum Gasteiger partial charge on any atom is 0.270 e. The number of hydrogen-bond acceptors (Lipinski definition) is 5. The molecular weight excluding hydrogens is 230 g/mol. The summed E-state index contributed by atoms with van der Waals surface area (Å²) in [6.07, 6.45) is 2.58. The summed E-state index contributed by atoms with van der Waals surface area (Å²) < 4.78 is 0. The minimum absolute atomic E-state index is 0.168. The summed E-state index contributed by atoms with van der Waals surface area (Å²) in [6, 6.07) is 1.61. The minimum Gasteiger partial charge on any atom is -0.354 e. The molecule has 0 radical (unpaired) electrons. The molecule has 0 aliphatic heterocycles. The van der Waals surface area contributed by atoms with E-state index in [1.165, 1.54) is 0 Å². The highest BCUT2D eigenvalue weighted by atomic mass is 16.1. The quantitative estimate of drug-likeness (QED) is 0.742. The zero-order valence-electron chi connectivity index (χ0n) is 11.2. The molecule has 1 heterocycles. The fourth-order valence-corrected chi connectivity index (χ4v) is 1.29. The topological polar surface area (TPSA) is 70.2 Å². The lowest BCUT2D eigenvalue weighted by atomic mass is 10.4. The lowest BCUT2D eigenvalue weighted by Crippen LogP contribution is -2.31. The van der Waals surface area contributed by atoms with Gasteiger partial charge in [0.15, 0.2) is 0 Å². The Morgan fingerprint density at radius 1 is 1.39 bits per heavy atom. The van der Waals surface area contributed by atoms with Crippen molar-refractivity contribution in [3.05, 3.63) is 18.0 Å². The van der Waals surface area contributed by atoms with E-state index in [0.717, 1.165) is 19.5 Å². The van der Waals surface area contributed by atoms with Crippen molar-refractivity contribution in [1.29, 1.82) is 0 Å². The van der Waals surface area contributed by atoms with E-state index in [-0.39, 0.29) is 5.91 Å². The average molecular weight is 251 g/mol. The standard InChI is InChI=1S/C12H21N5O/c1-4-6-14-12-15-7-5-10(16-12)11(18)13-8-9-17(2)3/h5,7H,4,6,8-9H2,1-3H3,(H,13,18)(H,14,15,16). The van der Waals surface area contributed by atoms with Crippen molar-refractivity contribution in [3.63, 3.8) is 0 Å². The highest BCUT2D eigenvalue weighted by molar-refractivity contribution is 5.92. The van der Waals surface area contributed by atoms with Gasteiger partial charge in [0.25, 0.3) is 5.91 Å². The highest BCUT2D eigenvalue weighted by Crippen LogP contribution is 2.00. The van der Waals surface area contributed by atoms with Crippen molar-refractivity contribution in [2.24, 2.45) is 0 Å². The third-order valence-corrected chi connectivity index (χ3v) is 2.27. The second-order valence-corrected chi connectivity index (χ2v) is 4.25. The second kappa shape index (κ2) is 7.60. The van der Waals surface area contributed by atoms with E-state index >= 15 is 0 Å². The van der Waals surface area contributed by atoms with Gasteiger partial charge in [0.1, 0.15) is 5.69 Å². The van der Waals surface area contributed by atoms with Crippen LogP contribution in [0.4, 0.5) is 5.95 Å². The van der Waals surface area contributed by atoms with E-state index in [2.05, 4.69) is 27.5 Å². The summed E-state index contributed by atoms with van der Waals surface area (Å²) in [7, 11) is 3.92. The highest BCUT2D eigenvalue weighted by Gasteiger charge is 2.07. The molecule has 6 heteroatoms. The lowest BCUT2D eigenvalue weighted by Gasteiger charge is -2.10. The van der Waals surface area contributed by atoms with Gasteiger partial charge in [0, 0.05) is 25.8 Å². The molecule has 0 aliphatic rings. The van der Waals surface area contributed by atoms with Crippen LogP contribution in [-0.4, -0.2) is 54.5 Å². The monoisotopic (exact) mass is 251 g/mol. The third kappa shape index (κ3) is 5.09. The Hall–Kier alpha value is -1.69. The van der Waals surface area contributed by atoms with Gasteiger partial charge in [0.2, 0.25) is 5.95 Å². The molecule has 1 rings (SSSR count). The Morgan fingerprint density at radius 3 is 2.83 bits per heavy atom. The summed E-state index contributed by atoms with van der Waals surface area (Å²) in [5.74, 6) is 0.330. The molecule has 0 aliphatic carbocycles. The van der Waals surface area contributed by atoms with Gasteiger partial charge < -0.3 is 15.5 Å². The third-order valence-electron chi connectivity index (χ3n) is 2.27. The Morgan fingerprint density at radius 2 is 2.17 bits per heavy atom. The molecule has 18 heavy (non-hydrogen) atoms. The molecule has 0 saturated heterocycles. The van der Waals surface area contributed by atoms with Crippen molar-refractivity contribution in [2.75, 3.05) is 39.0 Å². The van der Waals surface area contributed by atoms with Crippen LogP contribution in [0.5, 0.6) is 0 Å². The zero-order valence-corrected chi connectivity index (χ0v) is 11.2. The minimum atomic E-state index is -0.168. The number of carbonyl (C=O) groups is 1. The molecule has 2 N–H and O–H groups in total. The Balaban J connectivity index is 2.51. The van der Waals surface area contributed by atoms with Gasteiger partial charge in [-0.25, -0.2) is 9.97 Å². The van der Waals surface area contributed by atoms with Crippen molar-refractivity contribution in [2.45, 2.75) is 13.3 Å². The van der Waals surface area contributed by atoms with E-state index in [4.69, 9.17) is 0 Å². The first-order valence-electron chi connectivity index (χ1n) is 6.13. The fraction of sp³-hybridized carbons (Fsp3) is 0.583. The van der Waals surface area contributed by atoms with Crippen LogP contribution >= 0.6 is 0 Å². The van der Waals surface area contributed by atoms with Crippen molar-refractivity contribution in [3.8, 4) is 0 Å². The van der Waals surface area contributed by atoms with Gasteiger partial charge in [0.05, 0.1) is 0 Å². The smallest absolute Gasteiger partial charge is 0.270 e. The van der Waals surface area contributed by atoms with Crippen LogP contribution in [0.15, 0.2) is 12.3 Å². The fourth-order valence-electron chi connectivity index (χ4n) is 1.29. The van der Waals surface area contributed by atoms with Crippen LogP contribution in [0.1, 0.15) is 23.8 Å². The van der Waals surface area contributed by atoms with Crippen LogP contribution in [0.2, 0.25) is 0 Å². The molecule has 0 saturated carbocycles. The summed E-state index contributed by atoms with van der Waals surface area (Å²) in [6.45, 7) is 4.27. The number of hydrogen-bond donors (Lipinski definition) is 2. The largest absolute Gasteiger partial charge is 0.354 e. The van der Waals surface area contributed by atoms with Gasteiger partial charge >= 0.3 is 0 Å². The number of nitrogens with zero attached hydrogens (tertiary/aromatic N) is 3. The van der Waals surface area contributed by atoms with Gasteiger partial charge in [-0.1, -0.05) is 6.92 Å². The first-order valence-corrected chi connectivity index (χ1v) is 6.13. The van der Waals surface area contributed by atoms with Crippen LogP contribution < -0.4 is 10.6 Å². The number of aromatic nitrogens is 2. The van der Waals surface area contributed by atoms with E-state index in [0.29, 0.717) is 18.2 Å². The van der Waals surface area contributed by atoms with Crippen LogP contribution in [-0.2, 0) is 0 Å². The molecule has 1 aromatic heterocycles. The molecule has 6 nitrogen and oxygen atoms in total. The number of nitrogens with one attached hydrogen (secondary N) is 2. The number of likely N-dealkylation sites (N-methyl/N-ethyl adjacent to an activating group) is 1. The first kappa shape index (κ1) is 14.4. The zero-order chi connectivity index (χ0) is 13.4. The number of carbonyl (C=O) groups excluding carboxylic acids is 1. The molecule has 100 valence electrons. The number of amides is 1. The van der Waals surface area contributed by atoms with E-state index < -0.39 is 0 Å². The summed E-state index contributed by atoms with van der Waals surface area (Å²) in [5, 5.41) is 5.87. The Labute approximate surface area is 108 Å². The molecule has 1 amide bonds. The van der Waals surface area contributed by atoms with E-state index in [9.17, 15) is 4.79 Å². The van der Waals surface area contributed by atoms with E-state index in [1.807, 2.05) is 19.0 Å². The van der Waals surface area contributed by atoms with Crippen LogP contribution in [0, 0.1) is 0 Å². The van der Waals surface area contributed by atoms with Crippen LogP contribution in [0.25, 0.3) is 0 Å². The molecule has 0 bridgehead atoms. The molecule has 0 unspecified atom stereocenters. The second-order valence-electron chi connectivity index (χ2n) is 4.25. The van der Waals surface area contributed by atoms with Gasteiger partial charge in [-0.05, 0) is 26.6 Å². The molecule has 0 aromatic carbocycles. The van der Waals surface area contributed by atoms with Crippen molar-refractivity contribution < 1.29 is 4.79 Å². The summed E-state index contributed by atoms with van der Waals surface area (Å²) >= 11 is 0. The van der Waals surface area contributed by atoms with Gasteiger partial charge in [-0.3, -0.25) is 4.79 Å². The van der Waals surface area contributed by atoms with Gasteiger partial charge in [-0.15, -0.1) is 0 Å².